The zero-order valence-electron chi connectivity index (χ0n) is 8.54. The van der Waals surface area contributed by atoms with Crippen LogP contribution < -0.4 is 11.3 Å². The molecule has 2 aromatic rings. The predicted octanol–water partition coefficient (Wildman–Crippen LogP) is 1.45. The van der Waals surface area contributed by atoms with Gasteiger partial charge in [0, 0.05) is 30.2 Å². The van der Waals surface area contributed by atoms with E-state index in [-0.39, 0.29) is 0 Å². The van der Waals surface area contributed by atoms with Crippen LogP contribution in [0.15, 0.2) is 24.3 Å². The van der Waals surface area contributed by atoms with E-state index in [0.29, 0.717) is 6.54 Å². The number of aryl methyl sites for hydroxylation is 1. The van der Waals surface area contributed by atoms with Gasteiger partial charge in [-0.3, -0.25) is 11.3 Å². The van der Waals surface area contributed by atoms with Gasteiger partial charge in [-0.15, -0.1) is 0 Å². The summed E-state index contributed by atoms with van der Waals surface area (Å²) in [6, 6.07) is 8.38. The highest BCUT2D eigenvalue weighted by Crippen LogP contribution is 2.24. The van der Waals surface area contributed by atoms with Gasteiger partial charge in [0.25, 0.3) is 0 Å². The summed E-state index contributed by atoms with van der Waals surface area (Å²) in [6.45, 7) is 2.83. The quantitative estimate of drug-likeness (QED) is 0.554. The van der Waals surface area contributed by atoms with Crippen LogP contribution in [0.1, 0.15) is 11.3 Å². The van der Waals surface area contributed by atoms with Crippen molar-refractivity contribution in [1.29, 1.82) is 0 Å². The third kappa shape index (κ3) is 1.22. The molecule has 0 spiro atoms. The zero-order valence-corrected chi connectivity index (χ0v) is 8.54. The monoisotopic (exact) mass is 189 g/mol. The third-order valence-corrected chi connectivity index (χ3v) is 2.81. The van der Waals surface area contributed by atoms with Crippen LogP contribution >= 0.6 is 0 Å². The Morgan fingerprint density at radius 3 is 2.79 bits per heavy atom. The molecule has 3 N–H and O–H groups in total. The van der Waals surface area contributed by atoms with Gasteiger partial charge in [-0.05, 0) is 18.6 Å². The van der Waals surface area contributed by atoms with Gasteiger partial charge in [0.2, 0.25) is 0 Å². The number of para-hydroxylation sites is 1. The summed E-state index contributed by atoms with van der Waals surface area (Å²) in [5.74, 6) is 5.37. The van der Waals surface area contributed by atoms with Gasteiger partial charge in [-0.25, -0.2) is 0 Å². The lowest BCUT2D eigenvalue weighted by atomic mass is 10.1. The highest BCUT2D eigenvalue weighted by molar-refractivity contribution is 5.85. The van der Waals surface area contributed by atoms with Crippen LogP contribution in [-0.4, -0.2) is 4.57 Å². The number of fused-ring (bicyclic) bond motifs is 1. The highest BCUT2D eigenvalue weighted by Gasteiger charge is 2.09. The number of hydrazine groups is 1. The maximum absolute atomic E-state index is 5.37. The molecule has 1 heterocycles. The van der Waals surface area contributed by atoms with E-state index in [1.165, 1.54) is 22.2 Å². The largest absolute Gasteiger partial charge is 0.348 e. The Labute approximate surface area is 83.5 Å². The van der Waals surface area contributed by atoms with Crippen molar-refractivity contribution in [2.24, 2.45) is 12.9 Å². The van der Waals surface area contributed by atoms with Gasteiger partial charge >= 0.3 is 0 Å². The first kappa shape index (κ1) is 9.24. The van der Waals surface area contributed by atoms with E-state index in [4.69, 9.17) is 5.84 Å². The van der Waals surface area contributed by atoms with Crippen LogP contribution in [0.4, 0.5) is 0 Å². The van der Waals surface area contributed by atoms with Gasteiger partial charge < -0.3 is 4.57 Å². The normalized spacial score (nSPS) is 11.1. The Morgan fingerprint density at radius 1 is 1.36 bits per heavy atom. The van der Waals surface area contributed by atoms with Crippen molar-refractivity contribution in [3.05, 3.63) is 35.5 Å². The number of nitrogens with zero attached hydrogens (tertiary/aromatic N) is 1. The van der Waals surface area contributed by atoms with Crippen molar-refractivity contribution in [3.8, 4) is 0 Å². The van der Waals surface area contributed by atoms with Crippen molar-refractivity contribution in [2.75, 3.05) is 0 Å². The number of rotatable bonds is 2. The second-order valence-electron chi connectivity index (χ2n) is 3.52. The molecule has 3 heteroatoms. The molecule has 3 nitrogen and oxygen atoms in total. The molecule has 0 amide bonds. The Morgan fingerprint density at radius 2 is 2.07 bits per heavy atom. The van der Waals surface area contributed by atoms with Crippen molar-refractivity contribution >= 4 is 10.9 Å². The van der Waals surface area contributed by atoms with E-state index < -0.39 is 0 Å². The molecule has 0 atom stereocenters. The number of hydrogen-bond donors (Lipinski definition) is 2. The van der Waals surface area contributed by atoms with Crippen LogP contribution in [0.25, 0.3) is 10.9 Å². The summed E-state index contributed by atoms with van der Waals surface area (Å²) in [6.07, 6.45) is 0. The lowest BCUT2D eigenvalue weighted by Crippen LogP contribution is -2.21. The summed E-state index contributed by atoms with van der Waals surface area (Å²) in [4.78, 5) is 0. The molecule has 1 aromatic heterocycles. The molecule has 0 aliphatic heterocycles. The molecule has 2 rings (SSSR count). The summed E-state index contributed by atoms with van der Waals surface area (Å²) in [5.41, 5.74) is 6.53. The van der Waals surface area contributed by atoms with Crippen LogP contribution in [0.3, 0.4) is 0 Å². The number of hydrogen-bond acceptors (Lipinski definition) is 2. The molecular weight excluding hydrogens is 174 g/mol. The van der Waals surface area contributed by atoms with E-state index in [1.807, 2.05) is 0 Å². The topological polar surface area (TPSA) is 43.0 Å². The van der Waals surface area contributed by atoms with E-state index in [1.54, 1.807) is 0 Å². The molecule has 74 valence electrons. The third-order valence-electron chi connectivity index (χ3n) is 2.81. The first-order chi connectivity index (χ1) is 6.75. The Kier molecular flexibility index (Phi) is 2.27. The second kappa shape index (κ2) is 3.44. The van der Waals surface area contributed by atoms with Gasteiger partial charge in [0.1, 0.15) is 0 Å². The lowest BCUT2D eigenvalue weighted by Gasteiger charge is -2.00. The summed E-state index contributed by atoms with van der Waals surface area (Å²) in [7, 11) is 2.08. The molecule has 0 unspecified atom stereocenters. The fourth-order valence-corrected chi connectivity index (χ4v) is 1.92. The van der Waals surface area contributed by atoms with Gasteiger partial charge in [0.15, 0.2) is 0 Å². The van der Waals surface area contributed by atoms with Crippen molar-refractivity contribution in [1.82, 2.24) is 9.99 Å². The molecule has 0 bridgehead atoms. The zero-order chi connectivity index (χ0) is 10.1. The fourth-order valence-electron chi connectivity index (χ4n) is 1.92. The average molecular weight is 189 g/mol. The molecule has 0 radical (unpaired) electrons. The molecule has 0 saturated heterocycles. The minimum atomic E-state index is 0.715. The van der Waals surface area contributed by atoms with E-state index in [2.05, 4.69) is 48.2 Å². The summed E-state index contributed by atoms with van der Waals surface area (Å²) < 4.78 is 2.20. The van der Waals surface area contributed by atoms with E-state index >= 15 is 0 Å². The molecule has 14 heavy (non-hydrogen) atoms. The minimum absolute atomic E-state index is 0.715. The SMILES string of the molecule is Cc1c(CNN)c2ccccc2n1C. The molecule has 0 aliphatic carbocycles. The Balaban J connectivity index is 2.74. The van der Waals surface area contributed by atoms with Crippen LogP contribution in [0.5, 0.6) is 0 Å². The molecule has 0 fully saturated rings. The molecule has 1 aromatic carbocycles. The van der Waals surface area contributed by atoms with Crippen LogP contribution in [-0.2, 0) is 13.6 Å². The Bertz CT molecular complexity index is 457. The first-order valence-electron chi connectivity index (χ1n) is 4.72. The number of nitrogens with two attached hydrogens (primary N) is 1. The summed E-state index contributed by atoms with van der Waals surface area (Å²) >= 11 is 0. The predicted molar refractivity (Wildman–Crippen MR) is 58.7 cm³/mol. The van der Waals surface area contributed by atoms with E-state index in [0.717, 1.165) is 0 Å². The molecule has 0 saturated carbocycles. The standard InChI is InChI=1S/C11H15N3/c1-8-10(7-13-12)9-5-3-4-6-11(9)14(8)2/h3-6,13H,7,12H2,1-2H3. The number of benzene rings is 1. The van der Waals surface area contributed by atoms with E-state index in [9.17, 15) is 0 Å². The number of nitrogens with one attached hydrogen (secondary N) is 1. The Hall–Kier alpha value is -1.32. The van der Waals surface area contributed by atoms with Crippen LogP contribution in [0, 0.1) is 6.92 Å². The van der Waals surface area contributed by atoms with Gasteiger partial charge in [-0.1, -0.05) is 18.2 Å². The maximum atomic E-state index is 5.37. The fraction of sp³-hybridized carbons (Fsp3) is 0.273. The smallest absolute Gasteiger partial charge is 0.0483 e. The van der Waals surface area contributed by atoms with Crippen molar-refractivity contribution in [2.45, 2.75) is 13.5 Å². The first-order valence-corrected chi connectivity index (χ1v) is 4.72. The summed E-state index contributed by atoms with van der Waals surface area (Å²) in [5, 5.41) is 1.28. The van der Waals surface area contributed by atoms with Gasteiger partial charge in [-0.2, -0.15) is 0 Å². The van der Waals surface area contributed by atoms with Gasteiger partial charge in [0.05, 0.1) is 0 Å². The lowest BCUT2D eigenvalue weighted by molar-refractivity contribution is 0.734. The maximum Gasteiger partial charge on any atom is 0.0483 e. The average Bonchev–Trinajstić information content (AvgIpc) is 2.45. The minimum Gasteiger partial charge on any atom is -0.348 e. The van der Waals surface area contributed by atoms with Crippen molar-refractivity contribution < 1.29 is 0 Å². The van der Waals surface area contributed by atoms with Crippen molar-refractivity contribution in [3.63, 3.8) is 0 Å². The second-order valence-corrected chi connectivity index (χ2v) is 3.52. The number of aromatic nitrogens is 1. The van der Waals surface area contributed by atoms with Crippen LogP contribution in [0.2, 0.25) is 0 Å². The molecule has 0 aliphatic rings. The molecular formula is C11H15N3. The highest BCUT2D eigenvalue weighted by atomic mass is 15.2.